The maximum absolute atomic E-state index is 12.4. The zero-order chi connectivity index (χ0) is 15.9. The molecule has 0 N–H and O–H groups in total. The molecule has 22 heavy (non-hydrogen) atoms. The average Bonchev–Trinajstić information content (AvgIpc) is 2.77. The van der Waals surface area contributed by atoms with Gasteiger partial charge in [0.2, 0.25) is 0 Å². The molecule has 0 radical (unpaired) electrons. The van der Waals surface area contributed by atoms with Crippen LogP contribution in [0.1, 0.15) is 15.9 Å². The summed E-state index contributed by atoms with van der Waals surface area (Å²) in [6.45, 7) is 2.03. The Labute approximate surface area is 141 Å². The normalized spacial score (nSPS) is 12.1. The molecule has 112 valence electrons. The Morgan fingerprint density at radius 2 is 1.95 bits per heavy atom. The van der Waals surface area contributed by atoms with Gasteiger partial charge in [0.15, 0.2) is 4.80 Å². The van der Waals surface area contributed by atoms with Crippen LogP contribution in [0.2, 0.25) is 10.0 Å². The standard InChI is InChI=1S/C16H12Cl2N2OS/c1-9-3-6-13-14(7-9)22-16(20(13)2)19-15(21)11-8-10(17)4-5-12(11)18/h3-8H,1-2H3. The quantitative estimate of drug-likeness (QED) is 0.631. The molecule has 1 aromatic heterocycles. The van der Waals surface area contributed by atoms with E-state index >= 15 is 0 Å². The Kier molecular flexibility index (Phi) is 4.08. The number of fused-ring (bicyclic) bond motifs is 1. The van der Waals surface area contributed by atoms with E-state index in [0.29, 0.717) is 20.4 Å². The lowest BCUT2D eigenvalue weighted by Gasteiger charge is -2.00. The maximum Gasteiger partial charge on any atom is 0.281 e. The predicted octanol–water partition coefficient (Wildman–Crippen LogP) is 4.60. The Morgan fingerprint density at radius 3 is 2.73 bits per heavy atom. The number of benzene rings is 2. The monoisotopic (exact) mass is 350 g/mol. The summed E-state index contributed by atoms with van der Waals surface area (Å²) in [6, 6.07) is 10.9. The maximum atomic E-state index is 12.4. The summed E-state index contributed by atoms with van der Waals surface area (Å²) in [4.78, 5) is 17.2. The predicted molar refractivity (Wildman–Crippen MR) is 91.9 cm³/mol. The summed E-state index contributed by atoms with van der Waals surface area (Å²) in [5.41, 5.74) is 2.52. The van der Waals surface area contributed by atoms with Crippen LogP contribution in [0.4, 0.5) is 0 Å². The molecule has 0 aliphatic heterocycles. The smallest absolute Gasteiger partial charge is 0.281 e. The van der Waals surface area contributed by atoms with Crippen molar-refractivity contribution in [2.24, 2.45) is 12.0 Å². The lowest BCUT2D eigenvalue weighted by atomic mass is 10.2. The number of hydrogen-bond donors (Lipinski definition) is 0. The summed E-state index contributed by atoms with van der Waals surface area (Å²) in [5, 5.41) is 0.803. The molecule has 3 nitrogen and oxygen atoms in total. The third-order valence-corrected chi connectivity index (χ3v) is 4.98. The molecule has 0 fully saturated rings. The minimum Gasteiger partial charge on any atom is -0.319 e. The number of nitrogens with zero attached hydrogens (tertiary/aromatic N) is 2. The third-order valence-electron chi connectivity index (χ3n) is 3.32. The second kappa shape index (κ2) is 5.88. The van der Waals surface area contributed by atoms with E-state index in [4.69, 9.17) is 23.2 Å². The molecule has 1 amide bonds. The molecule has 3 aromatic rings. The molecule has 0 bridgehead atoms. The van der Waals surface area contributed by atoms with Crippen molar-refractivity contribution in [1.29, 1.82) is 0 Å². The first kappa shape index (κ1) is 15.3. The second-order valence-corrected chi connectivity index (χ2v) is 6.81. The van der Waals surface area contributed by atoms with Gasteiger partial charge in [0.25, 0.3) is 5.91 Å². The van der Waals surface area contributed by atoms with E-state index in [1.165, 1.54) is 23.0 Å². The summed E-state index contributed by atoms with van der Waals surface area (Å²) < 4.78 is 2.99. The number of rotatable bonds is 1. The summed E-state index contributed by atoms with van der Waals surface area (Å²) in [5.74, 6) is -0.397. The van der Waals surface area contributed by atoms with Crippen LogP contribution in [-0.2, 0) is 7.05 Å². The van der Waals surface area contributed by atoms with Gasteiger partial charge in [0.1, 0.15) is 0 Å². The summed E-state index contributed by atoms with van der Waals surface area (Å²) >= 11 is 13.4. The molecule has 0 unspecified atom stereocenters. The molecule has 0 saturated heterocycles. The van der Waals surface area contributed by atoms with Crippen LogP contribution < -0.4 is 4.80 Å². The fourth-order valence-electron chi connectivity index (χ4n) is 2.16. The van der Waals surface area contributed by atoms with Crippen LogP contribution in [0.5, 0.6) is 0 Å². The number of thiazole rings is 1. The van der Waals surface area contributed by atoms with Crippen molar-refractivity contribution in [3.63, 3.8) is 0 Å². The molecule has 0 atom stereocenters. The van der Waals surface area contributed by atoms with Crippen LogP contribution >= 0.6 is 34.5 Å². The van der Waals surface area contributed by atoms with Crippen molar-refractivity contribution in [3.8, 4) is 0 Å². The van der Waals surface area contributed by atoms with E-state index in [2.05, 4.69) is 11.1 Å². The fraction of sp³-hybridized carbons (Fsp3) is 0.125. The van der Waals surface area contributed by atoms with Crippen molar-refractivity contribution in [2.75, 3.05) is 0 Å². The second-order valence-electron chi connectivity index (χ2n) is 4.96. The van der Waals surface area contributed by atoms with E-state index in [0.717, 1.165) is 10.2 Å². The number of halogens is 2. The topological polar surface area (TPSA) is 34.4 Å². The molecule has 0 aliphatic rings. The number of aryl methyl sites for hydroxylation is 2. The zero-order valence-electron chi connectivity index (χ0n) is 11.9. The van der Waals surface area contributed by atoms with Crippen LogP contribution in [0.25, 0.3) is 10.2 Å². The van der Waals surface area contributed by atoms with Gasteiger partial charge >= 0.3 is 0 Å². The first-order valence-electron chi connectivity index (χ1n) is 6.56. The van der Waals surface area contributed by atoms with Gasteiger partial charge in [-0.25, -0.2) is 0 Å². The molecule has 2 aromatic carbocycles. The lowest BCUT2D eigenvalue weighted by molar-refractivity contribution is 0.0998. The van der Waals surface area contributed by atoms with Gasteiger partial charge in [0, 0.05) is 12.1 Å². The zero-order valence-corrected chi connectivity index (χ0v) is 14.3. The molecule has 0 spiro atoms. The highest BCUT2D eigenvalue weighted by atomic mass is 35.5. The highest BCUT2D eigenvalue weighted by molar-refractivity contribution is 7.16. The molecule has 0 aliphatic carbocycles. The molecule has 0 saturated carbocycles. The van der Waals surface area contributed by atoms with E-state index in [9.17, 15) is 4.79 Å². The van der Waals surface area contributed by atoms with Crippen LogP contribution in [0.15, 0.2) is 41.4 Å². The highest BCUT2D eigenvalue weighted by Gasteiger charge is 2.11. The minimum atomic E-state index is -0.397. The van der Waals surface area contributed by atoms with Gasteiger partial charge in [0.05, 0.1) is 20.8 Å². The van der Waals surface area contributed by atoms with E-state index in [1.807, 2.05) is 30.7 Å². The van der Waals surface area contributed by atoms with Crippen molar-refractivity contribution in [2.45, 2.75) is 6.92 Å². The van der Waals surface area contributed by atoms with Gasteiger partial charge in [-0.05, 0) is 42.8 Å². The van der Waals surface area contributed by atoms with Gasteiger partial charge in [-0.1, -0.05) is 40.6 Å². The number of carbonyl (C=O) groups excluding carboxylic acids is 1. The lowest BCUT2D eigenvalue weighted by Crippen LogP contribution is -2.13. The van der Waals surface area contributed by atoms with Gasteiger partial charge < -0.3 is 4.57 Å². The first-order valence-corrected chi connectivity index (χ1v) is 8.13. The number of amides is 1. The van der Waals surface area contributed by atoms with Crippen molar-refractivity contribution in [3.05, 3.63) is 62.4 Å². The van der Waals surface area contributed by atoms with Crippen LogP contribution in [-0.4, -0.2) is 10.5 Å². The Morgan fingerprint density at radius 1 is 1.18 bits per heavy atom. The first-order chi connectivity index (χ1) is 10.5. The van der Waals surface area contributed by atoms with Crippen molar-refractivity contribution in [1.82, 2.24) is 4.57 Å². The Balaban J connectivity index is 2.14. The van der Waals surface area contributed by atoms with Crippen LogP contribution in [0.3, 0.4) is 0 Å². The molecule has 6 heteroatoms. The molecular formula is C16H12Cl2N2OS. The number of carbonyl (C=O) groups is 1. The van der Waals surface area contributed by atoms with Gasteiger partial charge in [-0.15, -0.1) is 0 Å². The van der Waals surface area contributed by atoms with E-state index < -0.39 is 5.91 Å². The SMILES string of the molecule is Cc1ccc2c(c1)sc(=NC(=O)c1cc(Cl)ccc1Cl)n2C. The third kappa shape index (κ3) is 2.82. The van der Waals surface area contributed by atoms with E-state index in [1.54, 1.807) is 12.1 Å². The van der Waals surface area contributed by atoms with Crippen molar-refractivity contribution < 1.29 is 4.79 Å². The summed E-state index contributed by atoms with van der Waals surface area (Å²) in [6.07, 6.45) is 0. The van der Waals surface area contributed by atoms with Crippen molar-refractivity contribution >= 4 is 50.7 Å². The fourth-order valence-corrected chi connectivity index (χ4v) is 3.64. The van der Waals surface area contributed by atoms with Crippen LogP contribution in [0, 0.1) is 6.92 Å². The summed E-state index contributed by atoms with van der Waals surface area (Å²) in [7, 11) is 1.89. The molecular weight excluding hydrogens is 339 g/mol. The largest absolute Gasteiger partial charge is 0.319 e. The minimum absolute atomic E-state index is 0.308. The van der Waals surface area contributed by atoms with Gasteiger partial charge in [-0.3, -0.25) is 4.79 Å². The number of hydrogen-bond acceptors (Lipinski definition) is 2. The highest BCUT2D eigenvalue weighted by Crippen LogP contribution is 2.22. The Hall–Kier alpha value is -1.62. The van der Waals surface area contributed by atoms with E-state index in [-0.39, 0.29) is 0 Å². The molecule has 3 rings (SSSR count). The number of aromatic nitrogens is 1. The Bertz CT molecular complexity index is 956. The average molecular weight is 351 g/mol. The molecule has 1 heterocycles. The van der Waals surface area contributed by atoms with Gasteiger partial charge in [-0.2, -0.15) is 4.99 Å².